The molecule has 0 aliphatic rings. The van der Waals surface area contributed by atoms with Gasteiger partial charge < -0.3 is 9.97 Å². The summed E-state index contributed by atoms with van der Waals surface area (Å²) in [7, 11) is 0. The predicted octanol–water partition coefficient (Wildman–Crippen LogP) is 2.79. The number of H-pyrrole nitrogens is 2. The van der Waals surface area contributed by atoms with E-state index >= 15 is 0 Å². The first-order valence-electron chi connectivity index (χ1n) is 3.64. The van der Waals surface area contributed by atoms with E-state index in [0.717, 1.165) is 0 Å². The Balaban J connectivity index is 2.82. The van der Waals surface area contributed by atoms with Crippen LogP contribution in [-0.4, -0.2) is 14.9 Å². The Morgan fingerprint density at radius 1 is 1.36 bits per heavy atom. The average Bonchev–Trinajstić information content (AvgIpc) is 2.42. The Morgan fingerprint density at radius 3 is 2.50 bits per heavy atom. The molecule has 0 saturated heterocycles. The van der Waals surface area contributed by atoms with Crippen molar-refractivity contribution >= 4 is 40.5 Å². The van der Waals surface area contributed by atoms with Crippen LogP contribution in [0.25, 0.3) is 11.0 Å². The number of fused-ring (bicyclic) bond motifs is 1. The summed E-state index contributed by atoms with van der Waals surface area (Å²) in [6, 6.07) is 2.82. The number of imidazole rings is 1. The third-order valence-corrected chi connectivity index (χ3v) is 2.29. The number of hydrogen-bond acceptors (Lipinski definition) is 3. The average molecular weight is 230 g/mol. The van der Waals surface area contributed by atoms with Crippen LogP contribution in [-0.2, 0) is 0 Å². The van der Waals surface area contributed by atoms with Crippen LogP contribution in [0.3, 0.4) is 0 Å². The zero-order valence-electron chi connectivity index (χ0n) is 6.70. The van der Waals surface area contributed by atoms with Crippen molar-refractivity contribution in [3.8, 4) is 0 Å². The summed E-state index contributed by atoms with van der Waals surface area (Å²) in [6.45, 7) is 0. The van der Waals surface area contributed by atoms with Gasteiger partial charge in [0.05, 0.1) is 16.0 Å². The topological polar surface area (TPSA) is 74.7 Å². The molecule has 0 radical (unpaired) electrons. The highest BCUT2D eigenvalue weighted by atomic mass is 35.5. The molecule has 2 N–H and O–H groups in total. The Labute approximate surface area is 87.9 Å². The summed E-state index contributed by atoms with van der Waals surface area (Å²) >= 11 is 10.5. The van der Waals surface area contributed by atoms with Crippen LogP contribution in [0.1, 0.15) is 0 Å². The largest absolute Gasteiger partial charge is 0.331 e. The number of benzene rings is 1. The third kappa shape index (κ3) is 1.38. The maximum atomic E-state index is 10.5. The van der Waals surface area contributed by atoms with Crippen LogP contribution >= 0.6 is 23.8 Å². The van der Waals surface area contributed by atoms with Crippen LogP contribution in [0.5, 0.6) is 0 Å². The van der Waals surface area contributed by atoms with E-state index in [0.29, 0.717) is 15.8 Å². The summed E-state index contributed by atoms with van der Waals surface area (Å²) in [6.07, 6.45) is 0. The summed E-state index contributed by atoms with van der Waals surface area (Å²) in [4.78, 5) is 15.6. The number of nitro groups is 1. The second-order valence-electron chi connectivity index (χ2n) is 2.69. The van der Waals surface area contributed by atoms with Crippen molar-refractivity contribution in [3.63, 3.8) is 0 Å². The molecule has 0 atom stereocenters. The van der Waals surface area contributed by atoms with Gasteiger partial charge in [-0.15, -0.1) is 0 Å². The lowest BCUT2D eigenvalue weighted by atomic mass is 10.3. The van der Waals surface area contributed by atoms with Crippen LogP contribution in [0, 0.1) is 14.9 Å². The number of nitrogens with zero attached hydrogens (tertiary/aromatic N) is 1. The maximum Gasteiger partial charge on any atom is 0.290 e. The molecule has 72 valence electrons. The molecular weight excluding hydrogens is 226 g/mol. The second-order valence-corrected chi connectivity index (χ2v) is 3.50. The fourth-order valence-electron chi connectivity index (χ4n) is 1.18. The lowest BCUT2D eigenvalue weighted by molar-refractivity contribution is -0.384. The minimum atomic E-state index is -0.536. The SMILES string of the molecule is O=[N+]([O-])c1cc2[nH]c(=S)[nH]c2cc1Cl. The van der Waals surface area contributed by atoms with E-state index in [1.807, 2.05) is 0 Å². The lowest BCUT2D eigenvalue weighted by Gasteiger charge is -1.94. The predicted molar refractivity (Wildman–Crippen MR) is 55.1 cm³/mol. The molecule has 0 saturated carbocycles. The molecule has 0 aliphatic heterocycles. The Bertz CT molecular complexity index is 574. The Kier molecular flexibility index (Phi) is 2.01. The molecule has 0 aliphatic carbocycles. The minimum Gasteiger partial charge on any atom is -0.331 e. The van der Waals surface area contributed by atoms with E-state index in [2.05, 4.69) is 9.97 Å². The van der Waals surface area contributed by atoms with Crippen LogP contribution < -0.4 is 0 Å². The van der Waals surface area contributed by atoms with Crippen molar-refractivity contribution in [2.75, 3.05) is 0 Å². The van der Waals surface area contributed by atoms with Gasteiger partial charge in [0, 0.05) is 6.07 Å². The third-order valence-electron chi connectivity index (χ3n) is 1.78. The van der Waals surface area contributed by atoms with Gasteiger partial charge in [-0.25, -0.2) is 0 Å². The molecule has 0 fully saturated rings. The lowest BCUT2D eigenvalue weighted by Crippen LogP contribution is -1.88. The van der Waals surface area contributed by atoms with Gasteiger partial charge in [-0.3, -0.25) is 10.1 Å². The van der Waals surface area contributed by atoms with Gasteiger partial charge in [0.15, 0.2) is 4.77 Å². The first-order valence-corrected chi connectivity index (χ1v) is 4.42. The summed E-state index contributed by atoms with van der Waals surface area (Å²) in [5, 5.41) is 10.6. The van der Waals surface area contributed by atoms with Gasteiger partial charge in [0.25, 0.3) is 5.69 Å². The van der Waals surface area contributed by atoms with E-state index in [4.69, 9.17) is 23.8 Å². The van der Waals surface area contributed by atoms with Gasteiger partial charge in [-0.05, 0) is 18.3 Å². The van der Waals surface area contributed by atoms with Crippen molar-refractivity contribution in [2.45, 2.75) is 0 Å². The highest BCUT2D eigenvalue weighted by Gasteiger charge is 2.13. The second kappa shape index (κ2) is 3.07. The zero-order chi connectivity index (χ0) is 10.3. The molecule has 1 aromatic heterocycles. The van der Waals surface area contributed by atoms with E-state index in [1.165, 1.54) is 12.1 Å². The van der Waals surface area contributed by atoms with E-state index in [-0.39, 0.29) is 10.7 Å². The molecular formula is C7H4ClN3O2S. The number of nitrogens with one attached hydrogen (secondary N) is 2. The smallest absolute Gasteiger partial charge is 0.290 e. The maximum absolute atomic E-state index is 10.5. The standard InChI is InChI=1S/C7H4ClN3O2S/c8-3-1-4-5(10-7(14)9-4)2-6(3)11(12)13/h1-2H,(H2,9,10,14). The fourth-order valence-corrected chi connectivity index (χ4v) is 1.64. The van der Waals surface area contributed by atoms with Gasteiger partial charge in [-0.1, -0.05) is 11.6 Å². The molecule has 0 spiro atoms. The number of rotatable bonds is 1. The fraction of sp³-hybridized carbons (Fsp3) is 0. The van der Waals surface area contributed by atoms with Crippen molar-refractivity contribution in [1.82, 2.24) is 9.97 Å². The molecule has 5 nitrogen and oxygen atoms in total. The van der Waals surface area contributed by atoms with Crippen molar-refractivity contribution < 1.29 is 4.92 Å². The van der Waals surface area contributed by atoms with E-state index in [1.54, 1.807) is 0 Å². The highest BCUT2D eigenvalue weighted by Crippen LogP contribution is 2.28. The van der Waals surface area contributed by atoms with E-state index in [9.17, 15) is 10.1 Å². The van der Waals surface area contributed by atoms with Gasteiger partial charge in [0.2, 0.25) is 0 Å². The quantitative estimate of drug-likeness (QED) is 0.449. The van der Waals surface area contributed by atoms with Crippen LogP contribution in [0.15, 0.2) is 12.1 Å². The minimum absolute atomic E-state index is 0.0905. The molecule has 0 amide bonds. The Hall–Kier alpha value is -1.40. The summed E-state index contributed by atoms with van der Waals surface area (Å²) in [5.74, 6) is 0. The number of halogens is 1. The number of aromatic nitrogens is 2. The number of aromatic amines is 2. The molecule has 1 aromatic carbocycles. The molecule has 2 aromatic rings. The summed E-state index contributed by atoms with van der Waals surface area (Å²) < 4.78 is 0.413. The Morgan fingerprint density at radius 2 is 1.93 bits per heavy atom. The highest BCUT2D eigenvalue weighted by molar-refractivity contribution is 7.71. The molecule has 1 heterocycles. The van der Waals surface area contributed by atoms with Gasteiger partial charge >= 0.3 is 0 Å². The van der Waals surface area contributed by atoms with Gasteiger partial charge in [-0.2, -0.15) is 0 Å². The van der Waals surface area contributed by atoms with Crippen LogP contribution in [0.2, 0.25) is 5.02 Å². The number of hydrogen-bond donors (Lipinski definition) is 2. The van der Waals surface area contributed by atoms with Crippen molar-refractivity contribution in [2.24, 2.45) is 0 Å². The van der Waals surface area contributed by atoms with Crippen molar-refractivity contribution in [1.29, 1.82) is 0 Å². The molecule has 14 heavy (non-hydrogen) atoms. The molecule has 0 bridgehead atoms. The molecule has 7 heteroatoms. The molecule has 0 unspecified atom stereocenters. The zero-order valence-corrected chi connectivity index (χ0v) is 8.28. The van der Waals surface area contributed by atoms with E-state index < -0.39 is 4.92 Å². The monoisotopic (exact) mass is 229 g/mol. The first-order chi connectivity index (χ1) is 6.58. The number of nitro benzene ring substituents is 1. The van der Waals surface area contributed by atoms with Crippen LogP contribution in [0.4, 0.5) is 5.69 Å². The molecule has 2 rings (SSSR count). The summed E-state index contributed by atoms with van der Waals surface area (Å²) in [5.41, 5.74) is 1.10. The van der Waals surface area contributed by atoms with Crippen molar-refractivity contribution in [3.05, 3.63) is 32.0 Å². The first kappa shape index (κ1) is 9.17. The normalized spacial score (nSPS) is 10.6. The van der Waals surface area contributed by atoms with Gasteiger partial charge in [0.1, 0.15) is 5.02 Å².